The van der Waals surface area contributed by atoms with E-state index in [1.165, 1.54) is 5.30 Å². The number of benzene rings is 2. The highest BCUT2D eigenvalue weighted by Gasteiger charge is 2.49. The molecule has 1 aliphatic heterocycles. The molecule has 2 aromatic carbocycles. The van der Waals surface area contributed by atoms with E-state index in [2.05, 4.69) is 56.9 Å². The highest BCUT2D eigenvalue weighted by atomic mass is 31.1. The number of carboxylic acids is 1. The minimum atomic E-state index is -0.841. The zero-order valence-corrected chi connectivity index (χ0v) is 15.5. The van der Waals surface area contributed by atoms with Crippen LogP contribution < -0.4 is 10.2 Å². The van der Waals surface area contributed by atoms with Crippen molar-refractivity contribution >= 4 is 24.9 Å². The van der Waals surface area contributed by atoms with E-state index in [-0.39, 0.29) is 11.2 Å². The van der Waals surface area contributed by atoms with E-state index in [4.69, 9.17) is 0 Å². The minimum absolute atomic E-state index is 0.0169. The number of hydrogen-bond donors (Lipinski definition) is 1. The van der Waals surface area contributed by atoms with Crippen LogP contribution in [-0.4, -0.2) is 22.0 Å². The van der Waals surface area contributed by atoms with Crippen LogP contribution in [0.5, 0.6) is 0 Å². The fourth-order valence-electron chi connectivity index (χ4n) is 3.54. The molecule has 3 rings (SSSR count). The van der Waals surface area contributed by atoms with Gasteiger partial charge in [0.25, 0.3) is 0 Å². The number of carbonyl (C=O) groups is 1. The first-order valence-electron chi connectivity index (χ1n) is 8.27. The molecule has 24 heavy (non-hydrogen) atoms. The molecule has 1 heterocycles. The Balaban J connectivity index is 2.15. The molecule has 2 aromatic rings. The number of rotatable bonds is 3. The molecule has 0 aromatic heterocycles. The topological polar surface area (TPSA) is 40.5 Å². The van der Waals surface area contributed by atoms with Gasteiger partial charge in [0.15, 0.2) is 5.78 Å². The van der Waals surface area contributed by atoms with Gasteiger partial charge in [-0.1, -0.05) is 69.3 Å². The summed E-state index contributed by atoms with van der Waals surface area (Å²) in [7, 11) is -0.841. The average molecular weight is 341 g/mol. The van der Waals surface area contributed by atoms with Crippen molar-refractivity contribution in [3.63, 3.8) is 0 Å². The molecule has 0 saturated heterocycles. The maximum Gasteiger partial charge on any atom is 0.331 e. The average Bonchev–Trinajstić information content (AvgIpc) is 2.90. The summed E-state index contributed by atoms with van der Waals surface area (Å²) in [6, 6.07) is 18.4. The van der Waals surface area contributed by atoms with Crippen molar-refractivity contribution in [1.82, 2.24) is 0 Å². The first-order chi connectivity index (χ1) is 11.3. The highest BCUT2D eigenvalue weighted by Crippen LogP contribution is 2.61. The number of nitrogens with zero attached hydrogens (tertiary/aromatic N) is 1. The number of hydrogen-bond acceptors (Lipinski definition) is 2. The lowest BCUT2D eigenvalue weighted by Gasteiger charge is -2.37. The lowest BCUT2D eigenvalue weighted by molar-refractivity contribution is -0.136. The first kappa shape index (κ1) is 17.0. The summed E-state index contributed by atoms with van der Waals surface area (Å²) in [6.45, 7) is 8.57. The Labute approximate surface area is 145 Å². The van der Waals surface area contributed by atoms with E-state index in [9.17, 15) is 9.90 Å². The zero-order valence-electron chi connectivity index (χ0n) is 14.6. The van der Waals surface area contributed by atoms with Gasteiger partial charge in [0.2, 0.25) is 0 Å². The largest absolute Gasteiger partial charge is 0.479 e. The van der Waals surface area contributed by atoms with Crippen LogP contribution in [0.1, 0.15) is 39.3 Å². The number of anilines is 1. The maximum atomic E-state index is 12.2. The summed E-state index contributed by atoms with van der Waals surface area (Å²) in [4.78, 5) is 14.4. The summed E-state index contributed by atoms with van der Waals surface area (Å²) in [5, 5.41) is 11.2. The number of aliphatic carboxylic acids is 1. The van der Waals surface area contributed by atoms with Gasteiger partial charge in [-0.15, -0.1) is 0 Å². The fourth-order valence-corrected chi connectivity index (χ4v) is 6.74. The molecule has 0 saturated carbocycles. The summed E-state index contributed by atoms with van der Waals surface area (Å²) in [5.41, 5.74) is 2.21. The third kappa shape index (κ3) is 2.82. The third-order valence-electron chi connectivity index (χ3n) is 4.57. The lowest BCUT2D eigenvalue weighted by Crippen LogP contribution is -2.40. The van der Waals surface area contributed by atoms with E-state index in [0.29, 0.717) is 0 Å². The van der Waals surface area contributed by atoms with E-state index >= 15 is 0 Å². The van der Waals surface area contributed by atoms with Gasteiger partial charge in [-0.2, -0.15) is 0 Å². The van der Waals surface area contributed by atoms with Gasteiger partial charge in [0.1, 0.15) is 0 Å². The van der Waals surface area contributed by atoms with Crippen molar-refractivity contribution in [3.05, 3.63) is 60.2 Å². The number of fused-ring (bicyclic) bond motifs is 1. The van der Waals surface area contributed by atoms with E-state index in [0.717, 1.165) is 11.3 Å². The van der Waals surface area contributed by atoms with Crippen LogP contribution in [-0.2, 0) is 4.79 Å². The van der Waals surface area contributed by atoms with Crippen molar-refractivity contribution in [2.24, 2.45) is 0 Å². The molecule has 0 fully saturated rings. The molecule has 0 radical (unpaired) electrons. The van der Waals surface area contributed by atoms with Crippen molar-refractivity contribution in [2.45, 2.75) is 44.7 Å². The molecule has 126 valence electrons. The summed E-state index contributed by atoms with van der Waals surface area (Å²) in [5.74, 6) is -1.22. The molecule has 3 atom stereocenters. The summed E-state index contributed by atoms with van der Waals surface area (Å²) in [6.07, 6.45) is 0. The number of carboxylic acid groups (broad SMARTS) is 1. The SMILES string of the molecule is C[C@@H](c1ccccc1)N1c2ccccc2P(C(C)(C)C)[C@H]1C(=O)O. The van der Waals surface area contributed by atoms with Crippen molar-refractivity contribution in [1.29, 1.82) is 0 Å². The van der Waals surface area contributed by atoms with Crippen LogP contribution in [0.3, 0.4) is 0 Å². The summed E-state index contributed by atoms with van der Waals surface area (Å²) < 4.78 is 0. The van der Waals surface area contributed by atoms with Crippen molar-refractivity contribution in [2.75, 3.05) is 4.90 Å². The summed E-state index contributed by atoms with van der Waals surface area (Å²) >= 11 is 0. The normalized spacial score (nSPS) is 21.4. The second kappa shape index (κ2) is 6.22. The van der Waals surface area contributed by atoms with Crippen LogP contribution in [0.2, 0.25) is 0 Å². The third-order valence-corrected chi connectivity index (χ3v) is 7.87. The molecule has 1 unspecified atom stereocenters. The van der Waals surface area contributed by atoms with Crippen molar-refractivity contribution < 1.29 is 9.90 Å². The van der Waals surface area contributed by atoms with E-state index in [1.54, 1.807) is 0 Å². The first-order valence-corrected chi connectivity index (χ1v) is 9.68. The van der Waals surface area contributed by atoms with Gasteiger partial charge >= 0.3 is 5.97 Å². The van der Waals surface area contributed by atoms with Crippen LogP contribution in [0.15, 0.2) is 54.6 Å². The quantitative estimate of drug-likeness (QED) is 0.831. The molecule has 1 aliphatic rings. The molecule has 0 aliphatic carbocycles. The van der Waals surface area contributed by atoms with Crippen LogP contribution in [0.4, 0.5) is 5.69 Å². The van der Waals surface area contributed by atoms with E-state index < -0.39 is 19.7 Å². The number of para-hydroxylation sites is 1. The zero-order chi connectivity index (χ0) is 17.5. The Morgan fingerprint density at radius 3 is 2.25 bits per heavy atom. The molecule has 0 amide bonds. The van der Waals surface area contributed by atoms with Crippen LogP contribution in [0, 0.1) is 0 Å². The van der Waals surface area contributed by atoms with Gasteiger partial charge in [0.05, 0.1) is 6.04 Å². The Morgan fingerprint density at radius 2 is 1.67 bits per heavy atom. The molecule has 0 spiro atoms. The standard InChI is InChI=1S/C20H24NO2P/c1-14(15-10-6-5-7-11-15)21-16-12-8-9-13-17(16)24(20(2,3)4)18(21)19(22)23/h5-14,18H,1-4H3,(H,22,23)/t14-,18-,24?/m0/s1. The van der Waals surface area contributed by atoms with Crippen molar-refractivity contribution in [3.8, 4) is 0 Å². The Morgan fingerprint density at radius 1 is 1.08 bits per heavy atom. The van der Waals surface area contributed by atoms with Gasteiger partial charge in [-0.3, -0.25) is 0 Å². The van der Waals surface area contributed by atoms with Gasteiger partial charge in [0, 0.05) is 11.0 Å². The Hall–Kier alpha value is -1.86. The molecular formula is C20H24NO2P. The second-order valence-corrected chi connectivity index (χ2v) is 10.3. The van der Waals surface area contributed by atoms with E-state index in [1.807, 2.05) is 30.3 Å². The predicted molar refractivity (Wildman–Crippen MR) is 102 cm³/mol. The minimum Gasteiger partial charge on any atom is -0.479 e. The smallest absolute Gasteiger partial charge is 0.331 e. The van der Waals surface area contributed by atoms with Gasteiger partial charge in [-0.05, 0) is 31.6 Å². The van der Waals surface area contributed by atoms with Gasteiger partial charge in [-0.25, -0.2) is 4.79 Å². The fraction of sp³-hybridized carbons (Fsp3) is 0.350. The van der Waals surface area contributed by atoms with Crippen LogP contribution in [0.25, 0.3) is 0 Å². The monoisotopic (exact) mass is 341 g/mol. The Kier molecular flexibility index (Phi) is 4.40. The second-order valence-electron chi connectivity index (χ2n) is 7.24. The Bertz CT molecular complexity index is 739. The van der Waals surface area contributed by atoms with Gasteiger partial charge < -0.3 is 10.0 Å². The molecule has 0 bridgehead atoms. The van der Waals surface area contributed by atoms with Crippen LogP contribution >= 0.6 is 7.92 Å². The highest BCUT2D eigenvalue weighted by molar-refractivity contribution is 7.69. The maximum absolute atomic E-state index is 12.2. The molecular weight excluding hydrogens is 317 g/mol. The molecule has 1 N–H and O–H groups in total. The predicted octanol–water partition coefficient (Wildman–Crippen LogP) is 4.58. The molecule has 4 heteroatoms. The lowest BCUT2D eigenvalue weighted by atomic mass is 10.1. The molecule has 3 nitrogen and oxygen atoms in total.